The number of carbonyl (C=O) groups is 1. The minimum absolute atomic E-state index is 0.287. The second-order valence-corrected chi connectivity index (χ2v) is 5.98. The van der Waals surface area contributed by atoms with Gasteiger partial charge in [-0.3, -0.25) is 0 Å². The summed E-state index contributed by atoms with van der Waals surface area (Å²) in [5.74, 6) is 0.338. The molecule has 2 N–H and O–H groups in total. The summed E-state index contributed by atoms with van der Waals surface area (Å²) in [6.07, 6.45) is 0.819. The Labute approximate surface area is 157 Å². The van der Waals surface area contributed by atoms with E-state index in [1.165, 1.54) is 12.7 Å². The van der Waals surface area contributed by atoms with Gasteiger partial charge in [-0.2, -0.15) is 0 Å². The lowest BCUT2D eigenvalue weighted by Crippen LogP contribution is -2.30. The molecule has 0 fully saturated rings. The van der Waals surface area contributed by atoms with Crippen molar-refractivity contribution in [2.75, 3.05) is 26.1 Å². The van der Waals surface area contributed by atoms with E-state index in [1.807, 2.05) is 24.3 Å². The number of thiocarbonyl (C=S) groups is 1. The number of benzene rings is 2. The highest BCUT2D eigenvalue weighted by Gasteiger charge is 2.11. The first-order valence-electron chi connectivity index (χ1n) is 7.59. The number of esters is 1. The standard InChI is InChI=1S/C18H19ClN2O3S/c1-23-14-6-3-12(4-7-14)9-10-20-18(25)21-13-5-8-16(19)15(11-13)17(22)24-2/h3-8,11H,9-10H2,1-2H3,(H2,20,21,25). The maximum Gasteiger partial charge on any atom is 0.339 e. The zero-order valence-corrected chi connectivity index (χ0v) is 15.5. The van der Waals surface area contributed by atoms with Crippen molar-refractivity contribution in [3.8, 4) is 5.75 Å². The van der Waals surface area contributed by atoms with Gasteiger partial charge in [-0.25, -0.2) is 4.79 Å². The summed E-state index contributed by atoms with van der Waals surface area (Å²) in [7, 11) is 2.95. The van der Waals surface area contributed by atoms with Crippen LogP contribution in [0.4, 0.5) is 5.69 Å². The molecule has 5 nitrogen and oxygen atoms in total. The molecule has 0 heterocycles. The summed E-state index contributed by atoms with van der Waals surface area (Å²) in [4.78, 5) is 11.7. The highest BCUT2D eigenvalue weighted by Crippen LogP contribution is 2.21. The fourth-order valence-electron chi connectivity index (χ4n) is 2.16. The number of hydrogen-bond acceptors (Lipinski definition) is 4. The van der Waals surface area contributed by atoms with Crippen molar-refractivity contribution in [3.05, 3.63) is 58.6 Å². The lowest BCUT2D eigenvalue weighted by Gasteiger charge is -2.12. The Hall–Kier alpha value is -2.31. The fourth-order valence-corrected chi connectivity index (χ4v) is 2.57. The summed E-state index contributed by atoms with van der Waals surface area (Å²) < 4.78 is 9.83. The fraction of sp³-hybridized carbons (Fsp3) is 0.222. The van der Waals surface area contributed by atoms with Crippen LogP contribution in [0.1, 0.15) is 15.9 Å². The topological polar surface area (TPSA) is 59.6 Å². The number of hydrogen-bond donors (Lipinski definition) is 2. The first-order chi connectivity index (χ1) is 12.0. The molecule has 2 aromatic carbocycles. The minimum atomic E-state index is -0.493. The van der Waals surface area contributed by atoms with Crippen LogP contribution in [0, 0.1) is 0 Å². The molecule has 2 aromatic rings. The van der Waals surface area contributed by atoms with Crippen molar-refractivity contribution >= 4 is 40.6 Å². The van der Waals surface area contributed by atoms with Crippen molar-refractivity contribution in [2.45, 2.75) is 6.42 Å². The highest BCUT2D eigenvalue weighted by molar-refractivity contribution is 7.80. The quantitative estimate of drug-likeness (QED) is 0.591. The summed E-state index contributed by atoms with van der Waals surface area (Å²) in [5, 5.41) is 6.95. The summed E-state index contributed by atoms with van der Waals surface area (Å²) in [5.41, 5.74) is 2.12. The molecule has 0 aliphatic carbocycles. The molecule has 0 radical (unpaired) electrons. The second kappa shape index (κ2) is 9.25. The molecule has 0 spiro atoms. The Morgan fingerprint density at radius 3 is 2.52 bits per heavy atom. The molecular formula is C18H19ClN2O3S. The van der Waals surface area contributed by atoms with Crippen molar-refractivity contribution in [1.29, 1.82) is 0 Å². The van der Waals surface area contributed by atoms with Gasteiger partial charge in [0.2, 0.25) is 0 Å². The molecule has 0 unspecified atom stereocenters. The minimum Gasteiger partial charge on any atom is -0.497 e. The van der Waals surface area contributed by atoms with E-state index in [2.05, 4.69) is 10.6 Å². The van der Waals surface area contributed by atoms with E-state index in [-0.39, 0.29) is 5.56 Å². The Bertz CT molecular complexity index is 750. The molecule has 7 heteroatoms. The van der Waals surface area contributed by atoms with E-state index < -0.39 is 5.97 Å². The molecule has 0 bridgehead atoms. The molecule has 0 amide bonds. The number of anilines is 1. The van der Waals surface area contributed by atoms with Gasteiger partial charge in [-0.15, -0.1) is 0 Å². The molecule has 25 heavy (non-hydrogen) atoms. The molecule has 0 aromatic heterocycles. The third-order valence-corrected chi connectivity index (χ3v) is 4.06. The summed E-state index contributed by atoms with van der Waals surface area (Å²) in [6.45, 7) is 0.676. The van der Waals surface area contributed by atoms with E-state index in [1.54, 1.807) is 25.3 Å². The number of halogens is 1. The van der Waals surface area contributed by atoms with Gasteiger partial charge in [0.15, 0.2) is 5.11 Å². The van der Waals surface area contributed by atoms with Crippen molar-refractivity contribution in [2.24, 2.45) is 0 Å². The number of ether oxygens (including phenoxy) is 2. The SMILES string of the molecule is COC(=O)c1cc(NC(=S)NCCc2ccc(OC)cc2)ccc1Cl. The normalized spacial score (nSPS) is 10.0. The van der Waals surface area contributed by atoms with Gasteiger partial charge < -0.3 is 20.1 Å². The zero-order valence-electron chi connectivity index (χ0n) is 14.0. The van der Waals surface area contributed by atoms with Crippen LogP contribution in [-0.2, 0) is 11.2 Å². The molecule has 0 atom stereocenters. The van der Waals surface area contributed by atoms with Crippen LogP contribution >= 0.6 is 23.8 Å². The van der Waals surface area contributed by atoms with Crippen molar-refractivity contribution in [1.82, 2.24) is 5.32 Å². The molecule has 0 aliphatic rings. The predicted molar refractivity (Wildman–Crippen MR) is 104 cm³/mol. The van der Waals surface area contributed by atoms with Gasteiger partial charge in [0.25, 0.3) is 0 Å². The van der Waals surface area contributed by atoms with E-state index in [0.29, 0.717) is 22.4 Å². The van der Waals surface area contributed by atoms with Crippen molar-refractivity contribution in [3.63, 3.8) is 0 Å². The number of nitrogens with one attached hydrogen (secondary N) is 2. The second-order valence-electron chi connectivity index (χ2n) is 5.17. The van der Waals surface area contributed by atoms with Crippen LogP contribution in [-0.4, -0.2) is 31.8 Å². The van der Waals surface area contributed by atoms with E-state index >= 15 is 0 Å². The summed E-state index contributed by atoms with van der Waals surface area (Å²) in [6, 6.07) is 12.8. The third-order valence-electron chi connectivity index (χ3n) is 3.49. The molecule has 0 saturated carbocycles. The lowest BCUT2D eigenvalue weighted by molar-refractivity contribution is 0.0601. The zero-order chi connectivity index (χ0) is 18.2. The molecular weight excluding hydrogens is 360 g/mol. The average Bonchev–Trinajstić information content (AvgIpc) is 2.63. The smallest absolute Gasteiger partial charge is 0.339 e. The van der Waals surface area contributed by atoms with Gasteiger partial charge >= 0.3 is 5.97 Å². The van der Waals surface area contributed by atoms with E-state index in [9.17, 15) is 4.79 Å². The molecule has 0 saturated heterocycles. The van der Waals surface area contributed by atoms with E-state index in [4.69, 9.17) is 33.3 Å². The largest absolute Gasteiger partial charge is 0.497 e. The van der Waals surface area contributed by atoms with Crippen LogP contribution in [0.5, 0.6) is 5.75 Å². The number of rotatable bonds is 6. The molecule has 132 valence electrons. The molecule has 0 aliphatic heterocycles. The Balaban J connectivity index is 1.86. The van der Waals surface area contributed by atoms with E-state index in [0.717, 1.165) is 12.2 Å². The van der Waals surface area contributed by atoms with Crippen LogP contribution in [0.25, 0.3) is 0 Å². The van der Waals surface area contributed by atoms with Crippen LogP contribution in [0.3, 0.4) is 0 Å². The maximum atomic E-state index is 11.7. The summed E-state index contributed by atoms with van der Waals surface area (Å²) >= 11 is 11.3. The monoisotopic (exact) mass is 378 g/mol. The first-order valence-corrected chi connectivity index (χ1v) is 8.37. The predicted octanol–water partition coefficient (Wildman–Crippen LogP) is 3.66. The molecule has 2 rings (SSSR count). The van der Waals surface area contributed by atoms with Crippen LogP contribution in [0.15, 0.2) is 42.5 Å². The Kier molecular flexibility index (Phi) is 7.03. The van der Waals surface area contributed by atoms with Crippen molar-refractivity contribution < 1.29 is 14.3 Å². The highest BCUT2D eigenvalue weighted by atomic mass is 35.5. The Morgan fingerprint density at radius 1 is 1.16 bits per heavy atom. The van der Waals surface area contributed by atoms with Gasteiger partial charge in [-0.05, 0) is 54.5 Å². The number of methoxy groups -OCH3 is 2. The number of carbonyl (C=O) groups excluding carboxylic acids is 1. The van der Waals surface area contributed by atoms with Crippen LogP contribution in [0.2, 0.25) is 5.02 Å². The lowest BCUT2D eigenvalue weighted by atomic mass is 10.1. The van der Waals surface area contributed by atoms with Gasteiger partial charge in [0.05, 0.1) is 24.8 Å². The average molecular weight is 379 g/mol. The van der Waals surface area contributed by atoms with Gasteiger partial charge in [-0.1, -0.05) is 23.7 Å². The van der Waals surface area contributed by atoms with Gasteiger partial charge in [0.1, 0.15) is 5.75 Å². The van der Waals surface area contributed by atoms with Gasteiger partial charge in [0, 0.05) is 12.2 Å². The third kappa shape index (κ3) is 5.62. The first kappa shape index (κ1) is 19.0. The van der Waals surface area contributed by atoms with Crippen LogP contribution < -0.4 is 15.4 Å². The maximum absolute atomic E-state index is 11.7. The Morgan fingerprint density at radius 2 is 1.88 bits per heavy atom.